The first-order chi connectivity index (χ1) is 9.70. The fourth-order valence-electron chi connectivity index (χ4n) is 1.46. The fraction of sp³-hybridized carbons (Fsp3) is 0.583. The van der Waals surface area contributed by atoms with Gasteiger partial charge in [0.15, 0.2) is 5.82 Å². The first-order valence-electron chi connectivity index (χ1n) is 6.31. The summed E-state index contributed by atoms with van der Waals surface area (Å²) in [6.45, 7) is 3.56. The summed E-state index contributed by atoms with van der Waals surface area (Å²) >= 11 is 1.49. The van der Waals surface area contributed by atoms with Gasteiger partial charge in [-0.25, -0.2) is 4.98 Å². The molecule has 0 saturated carbocycles. The predicted octanol–water partition coefficient (Wildman–Crippen LogP) is 1.42. The van der Waals surface area contributed by atoms with Crippen molar-refractivity contribution < 1.29 is 14.0 Å². The lowest BCUT2D eigenvalue weighted by Crippen LogP contribution is -2.05. The molecule has 7 nitrogen and oxygen atoms in total. The van der Waals surface area contributed by atoms with Crippen LogP contribution in [0.2, 0.25) is 0 Å². The molecule has 2 N–H and O–H groups in total. The molecule has 2 aromatic rings. The standard InChI is InChI=1S/C12H18N4O3S/c1-8(13)12-14-9(7-20-12)11-15-10(16-19-11)3-4-18-6-5-17-2/h7-8H,3-6,13H2,1-2H3. The van der Waals surface area contributed by atoms with Crippen LogP contribution in [-0.4, -0.2) is 42.1 Å². The lowest BCUT2D eigenvalue weighted by atomic mass is 10.4. The number of nitrogens with two attached hydrogens (primary N) is 1. The highest BCUT2D eigenvalue weighted by molar-refractivity contribution is 7.10. The van der Waals surface area contributed by atoms with Crippen LogP contribution in [0.4, 0.5) is 0 Å². The molecule has 0 spiro atoms. The van der Waals surface area contributed by atoms with Gasteiger partial charge in [-0.2, -0.15) is 4.98 Å². The van der Waals surface area contributed by atoms with E-state index < -0.39 is 0 Å². The molecule has 2 aromatic heterocycles. The highest BCUT2D eigenvalue weighted by atomic mass is 32.1. The minimum Gasteiger partial charge on any atom is -0.382 e. The van der Waals surface area contributed by atoms with Crippen molar-refractivity contribution in [2.45, 2.75) is 19.4 Å². The normalized spacial score (nSPS) is 12.8. The van der Waals surface area contributed by atoms with Gasteiger partial charge in [0.25, 0.3) is 5.89 Å². The van der Waals surface area contributed by atoms with Gasteiger partial charge in [-0.3, -0.25) is 0 Å². The van der Waals surface area contributed by atoms with Gasteiger partial charge in [0, 0.05) is 18.9 Å². The van der Waals surface area contributed by atoms with Crippen molar-refractivity contribution in [3.05, 3.63) is 16.2 Å². The van der Waals surface area contributed by atoms with Crippen LogP contribution in [-0.2, 0) is 15.9 Å². The van der Waals surface area contributed by atoms with Gasteiger partial charge in [0.1, 0.15) is 10.7 Å². The quantitative estimate of drug-likeness (QED) is 0.736. The molecule has 0 aliphatic carbocycles. The van der Waals surface area contributed by atoms with E-state index in [-0.39, 0.29) is 6.04 Å². The number of methoxy groups -OCH3 is 1. The van der Waals surface area contributed by atoms with Crippen LogP contribution in [0.25, 0.3) is 11.6 Å². The molecule has 0 amide bonds. The topological polar surface area (TPSA) is 96.3 Å². The molecule has 0 aliphatic heterocycles. The molecule has 0 saturated heterocycles. The maximum Gasteiger partial charge on any atom is 0.277 e. The van der Waals surface area contributed by atoms with Gasteiger partial charge in [0.05, 0.1) is 25.9 Å². The maximum atomic E-state index is 5.77. The van der Waals surface area contributed by atoms with Gasteiger partial charge < -0.3 is 19.7 Å². The monoisotopic (exact) mass is 298 g/mol. The summed E-state index contributed by atoms with van der Waals surface area (Å²) in [6.07, 6.45) is 0.595. The smallest absolute Gasteiger partial charge is 0.277 e. The average Bonchev–Trinajstić information content (AvgIpc) is 3.07. The number of aromatic nitrogens is 3. The van der Waals surface area contributed by atoms with Crippen molar-refractivity contribution in [2.24, 2.45) is 5.73 Å². The maximum absolute atomic E-state index is 5.77. The zero-order chi connectivity index (χ0) is 14.4. The Hall–Kier alpha value is -1.35. The SMILES string of the molecule is COCCOCCc1noc(-c2csc(C(C)N)n2)n1. The minimum atomic E-state index is -0.0923. The molecular formula is C12H18N4O3S. The molecule has 110 valence electrons. The van der Waals surface area contributed by atoms with Gasteiger partial charge >= 0.3 is 0 Å². The summed E-state index contributed by atoms with van der Waals surface area (Å²) in [4.78, 5) is 8.65. The second-order valence-corrected chi connectivity index (χ2v) is 5.12. The Kier molecular flexibility index (Phi) is 5.60. The van der Waals surface area contributed by atoms with E-state index in [0.29, 0.717) is 43.7 Å². The van der Waals surface area contributed by atoms with Crippen molar-refractivity contribution in [3.63, 3.8) is 0 Å². The number of nitrogens with zero attached hydrogens (tertiary/aromatic N) is 3. The van der Waals surface area contributed by atoms with E-state index in [0.717, 1.165) is 5.01 Å². The van der Waals surface area contributed by atoms with Crippen molar-refractivity contribution in [1.82, 2.24) is 15.1 Å². The van der Waals surface area contributed by atoms with Crippen LogP contribution in [0.1, 0.15) is 23.8 Å². The summed E-state index contributed by atoms with van der Waals surface area (Å²) < 4.78 is 15.4. The molecule has 1 atom stereocenters. The zero-order valence-corrected chi connectivity index (χ0v) is 12.4. The molecule has 1 unspecified atom stereocenters. The van der Waals surface area contributed by atoms with Crippen molar-refractivity contribution in [3.8, 4) is 11.6 Å². The van der Waals surface area contributed by atoms with Gasteiger partial charge in [-0.1, -0.05) is 5.16 Å². The van der Waals surface area contributed by atoms with E-state index in [1.54, 1.807) is 7.11 Å². The van der Waals surface area contributed by atoms with Crippen LogP contribution >= 0.6 is 11.3 Å². The average molecular weight is 298 g/mol. The zero-order valence-electron chi connectivity index (χ0n) is 11.5. The molecule has 0 aliphatic rings. The Balaban J connectivity index is 1.88. The third-order valence-electron chi connectivity index (χ3n) is 2.50. The Morgan fingerprint density at radius 2 is 2.20 bits per heavy atom. The molecule has 0 fully saturated rings. The predicted molar refractivity (Wildman–Crippen MR) is 74.4 cm³/mol. The van der Waals surface area contributed by atoms with Gasteiger partial charge in [-0.05, 0) is 6.92 Å². The highest BCUT2D eigenvalue weighted by Crippen LogP contribution is 2.23. The first-order valence-corrected chi connectivity index (χ1v) is 7.19. The molecule has 20 heavy (non-hydrogen) atoms. The Labute approximate surface area is 121 Å². The molecule has 0 aromatic carbocycles. The fourth-order valence-corrected chi connectivity index (χ4v) is 2.21. The van der Waals surface area contributed by atoms with Crippen molar-refractivity contribution in [1.29, 1.82) is 0 Å². The summed E-state index contributed by atoms with van der Waals surface area (Å²) in [5.41, 5.74) is 6.44. The van der Waals surface area contributed by atoms with Crippen LogP contribution < -0.4 is 5.73 Å². The highest BCUT2D eigenvalue weighted by Gasteiger charge is 2.13. The molecule has 2 heterocycles. The van der Waals surface area contributed by atoms with E-state index in [4.69, 9.17) is 19.7 Å². The van der Waals surface area contributed by atoms with Crippen LogP contribution in [0.15, 0.2) is 9.90 Å². The Bertz CT molecular complexity index is 526. The molecule has 2 rings (SSSR count). The Morgan fingerprint density at radius 1 is 1.35 bits per heavy atom. The first kappa shape index (κ1) is 15.0. The van der Waals surface area contributed by atoms with E-state index in [1.165, 1.54) is 11.3 Å². The van der Waals surface area contributed by atoms with E-state index in [9.17, 15) is 0 Å². The molecule has 0 radical (unpaired) electrons. The lowest BCUT2D eigenvalue weighted by molar-refractivity contribution is 0.0714. The second-order valence-electron chi connectivity index (χ2n) is 4.23. The number of hydrogen-bond donors (Lipinski definition) is 1. The number of thiazole rings is 1. The Morgan fingerprint density at radius 3 is 2.90 bits per heavy atom. The van der Waals surface area contributed by atoms with E-state index >= 15 is 0 Å². The molecular weight excluding hydrogens is 280 g/mol. The third-order valence-corrected chi connectivity index (χ3v) is 3.55. The number of ether oxygens (including phenoxy) is 2. The second kappa shape index (κ2) is 7.44. The molecule has 8 heteroatoms. The van der Waals surface area contributed by atoms with E-state index in [2.05, 4.69) is 15.1 Å². The number of rotatable bonds is 8. The lowest BCUT2D eigenvalue weighted by Gasteiger charge is -1.99. The van der Waals surface area contributed by atoms with Crippen molar-refractivity contribution in [2.75, 3.05) is 26.9 Å². The summed E-state index contributed by atoms with van der Waals surface area (Å²) in [5.74, 6) is 1.02. The molecule has 0 bridgehead atoms. The summed E-state index contributed by atoms with van der Waals surface area (Å²) in [5, 5.41) is 6.62. The summed E-state index contributed by atoms with van der Waals surface area (Å²) in [7, 11) is 1.64. The number of hydrogen-bond acceptors (Lipinski definition) is 8. The third kappa shape index (κ3) is 4.07. The van der Waals surface area contributed by atoms with E-state index in [1.807, 2.05) is 12.3 Å². The minimum absolute atomic E-state index is 0.0923. The van der Waals surface area contributed by atoms with Crippen molar-refractivity contribution >= 4 is 11.3 Å². The largest absolute Gasteiger partial charge is 0.382 e. The van der Waals surface area contributed by atoms with Crippen LogP contribution in [0.5, 0.6) is 0 Å². The van der Waals surface area contributed by atoms with Gasteiger partial charge in [-0.15, -0.1) is 11.3 Å². The van der Waals surface area contributed by atoms with Crippen LogP contribution in [0, 0.1) is 0 Å². The van der Waals surface area contributed by atoms with Gasteiger partial charge in [0.2, 0.25) is 0 Å². The summed E-state index contributed by atoms with van der Waals surface area (Å²) in [6, 6.07) is -0.0923. The van der Waals surface area contributed by atoms with Crippen LogP contribution in [0.3, 0.4) is 0 Å².